The van der Waals surface area contributed by atoms with Crippen molar-refractivity contribution >= 4 is 6.16 Å². The summed E-state index contributed by atoms with van der Waals surface area (Å²) in [5.41, 5.74) is 0. The fraction of sp³-hybridized carbons (Fsp3) is 0.500. The molecule has 0 rings (SSSR count). The average molecular weight is 100 g/mol. The Labute approximate surface area is 58.3 Å². The van der Waals surface area contributed by atoms with E-state index in [0.29, 0.717) is 0 Å². The molecular formula is C2H5NaO3. The van der Waals surface area contributed by atoms with E-state index in [9.17, 15) is 0 Å². The molecule has 3 nitrogen and oxygen atoms in total. The van der Waals surface area contributed by atoms with Crippen molar-refractivity contribution in [2.45, 2.75) is 7.43 Å². The Kier molecular flexibility index (Phi) is 24.4. The van der Waals surface area contributed by atoms with Gasteiger partial charge in [-0.1, -0.05) is 7.43 Å². The van der Waals surface area contributed by atoms with Gasteiger partial charge in [-0.15, -0.1) is 0 Å². The van der Waals surface area contributed by atoms with Crippen molar-refractivity contribution in [3.05, 3.63) is 0 Å². The molecule has 0 spiro atoms. The molecule has 0 aromatic rings. The monoisotopic (exact) mass is 100 g/mol. The van der Waals surface area contributed by atoms with Gasteiger partial charge in [0.15, 0.2) is 0 Å². The van der Waals surface area contributed by atoms with Gasteiger partial charge in [0.05, 0.1) is 0 Å². The predicted octanol–water partition coefficient (Wildman–Crippen LogP) is -3.47. The maximum absolute atomic E-state index is 8.44. The van der Waals surface area contributed by atoms with Crippen molar-refractivity contribution in [2.75, 3.05) is 0 Å². The Hall–Kier alpha value is 0.270. The van der Waals surface area contributed by atoms with Crippen molar-refractivity contribution in [1.82, 2.24) is 0 Å². The van der Waals surface area contributed by atoms with Crippen LogP contribution in [0.5, 0.6) is 0 Å². The first-order valence-electron chi connectivity index (χ1n) is 0.632. The Morgan fingerprint density at radius 2 is 1.67 bits per heavy atom. The van der Waals surface area contributed by atoms with Gasteiger partial charge >= 0.3 is 29.6 Å². The van der Waals surface area contributed by atoms with Crippen LogP contribution in [0.2, 0.25) is 0 Å². The molecule has 0 bridgehead atoms. The molecule has 0 heterocycles. The van der Waals surface area contributed by atoms with Crippen molar-refractivity contribution in [2.24, 2.45) is 0 Å². The number of carbonyl (C=O) groups is 1. The van der Waals surface area contributed by atoms with Gasteiger partial charge in [-0.25, -0.2) is 0 Å². The molecule has 0 radical (unpaired) electrons. The van der Waals surface area contributed by atoms with Crippen LogP contribution in [0.1, 0.15) is 7.43 Å². The molecule has 0 aliphatic carbocycles. The molecule has 0 fully saturated rings. The van der Waals surface area contributed by atoms with Crippen LogP contribution in [0.15, 0.2) is 0 Å². The number of hydrogen-bond donors (Lipinski definition) is 1. The van der Waals surface area contributed by atoms with Crippen LogP contribution in [0, 0.1) is 0 Å². The minimum Gasteiger partial charge on any atom is -0.565 e. The molecule has 1 N–H and O–H groups in total. The third-order valence-corrected chi connectivity index (χ3v) is 0. The van der Waals surface area contributed by atoms with Gasteiger partial charge in [0.1, 0.15) is 0 Å². The maximum atomic E-state index is 8.44. The molecule has 0 atom stereocenters. The second kappa shape index (κ2) is 8.99. The van der Waals surface area contributed by atoms with E-state index >= 15 is 0 Å². The van der Waals surface area contributed by atoms with E-state index in [-0.39, 0.29) is 37.0 Å². The summed E-state index contributed by atoms with van der Waals surface area (Å²) in [7, 11) is 0. The Morgan fingerprint density at radius 3 is 1.67 bits per heavy atom. The van der Waals surface area contributed by atoms with Crippen LogP contribution in [0.3, 0.4) is 0 Å². The molecular weight excluding hydrogens is 95.0 g/mol. The molecule has 0 aromatic heterocycles. The first-order valence-corrected chi connectivity index (χ1v) is 0.632. The van der Waals surface area contributed by atoms with E-state index in [4.69, 9.17) is 15.0 Å². The fourth-order valence-corrected chi connectivity index (χ4v) is 0. The van der Waals surface area contributed by atoms with E-state index in [1.165, 1.54) is 0 Å². The number of carboxylic acid groups (broad SMARTS) is 2. The average Bonchev–Trinajstić information content (AvgIpc) is 0.811. The van der Waals surface area contributed by atoms with Crippen molar-refractivity contribution in [1.29, 1.82) is 0 Å². The minimum absolute atomic E-state index is 0. The summed E-state index contributed by atoms with van der Waals surface area (Å²) in [4.78, 5) is 8.44. The summed E-state index contributed by atoms with van der Waals surface area (Å²) in [6, 6.07) is 0. The number of rotatable bonds is 0. The molecule has 0 saturated heterocycles. The summed E-state index contributed by atoms with van der Waals surface area (Å²) >= 11 is 0. The SMILES string of the molecule is C.O=C([O-])O.[Na+]. The second-order valence-corrected chi connectivity index (χ2v) is 0.266. The quantitative estimate of drug-likeness (QED) is 0.322. The predicted molar refractivity (Wildman–Crippen MR) is 14.8 cm³/mol. The molecule has 0 amide bonds. The van der Waals surface area contributed by atoms with Crippen LogP contribution >= 0.6 is 0 Å². The van der Waals surface area contributed by atoms with Crippen LogP contribution in [-0.2, 0) is 0 Å². The minimum atomic E-state index is -2.08. The Morgan fingerprint density at radius 1 is 1.67 bits per heavy atom. The smallest absolute Gasteiger partial charge is 0.565 e. The van der Waals surface area contributed by atoms with Crippen molar-refractivity contribution in [3.63, 3.8) is 0 Å². The Balaban J connectivity index is -0.0000000450. The standard InChI is InChI=1S/CH2O3.CH4.Na/c2-1(3)4;;/h(H2,2,3,4);1H4;/q;;+1/p-1. The van der Waals surface area contributed by atoms with Crippen LogP contribution in [0.25, 0.3) is 0 Å². The fourth-order valence-electron chi connectivity index (χ4n) is 0. The van der Waals surface area contributed by atoms with Crippen LogP contribution in [-0.4, -0.2) is 11.3 Å². The van der Waals surface area contributed by atoms with Gasteiger partial charge in [-0.3, -0.25) is 0 Å². The first-order chi connectivity index (χ1) is 1.73. The summed E-state index contributed by atoms with van der Waals surface area (Å²) in [5.74, 6) is 0. The van der Waals surface area contributed by atoms with Crippen molar-refractivity contribution in [3.8, 4) is 0 Å². The van der Waals surface area contributed by atoms with E-state index in [2.05, 4.69) is 0 Å². The van der Waals surface area contributed by atoms with Gasteiger partial charge in [-0.05, 0) is 0 Å². The summed E-state index contributed by atoms with van der Waals surface area (Å²) in [6.07, 6.45) is -2.08. The third-order valence-electron chi connectivity index (χ3n) is 0. The normalized spacial score (nSPS) is 4.00. The zero-order chi connectivity index (χ0) is 3.58. The topological polar surface area (TPSA) is 60.4 Å². The van der Waals surface area contributed by atoms with Gasteiger partial charge in [0.2, 0.25) is 6.16 Å². The number of hydrogen-bond acceptors (Lipinski definition) is 2. The second-order valence-electron chi connectivity index (χ2n) is 0.266. The van der Waals surface area contributed by atoms with E-state index in [0.717, 1.165) is 0 Å². The van der Waals surface area contributed by atoms with Crippen molar-refractivity contribution < 1.29 is 44.6 Å². The molecule has 0 unspecified atom stereocenters. The molecule has 4 heteroatoms. The largest absolute Gasteiger partial charge is 1.00 e. The summed E-state index contributed by atoms with van der Waals surface area (Å²) < 4.78 is 0. The van der Waals surface area contributed by atoms with E-state index in [1.54, 1.807) is 0 Å². The Bertz CT molecular complexity index is 31.8. The van der Waals surface area contributed by atoms with Gasteiger partial charge in [0.25, 0.3) is 0 Å². The van der Waals surface area contributed by atoms with Gasteiger partial charge in [0, 0.05) is 0 Å². The van der Waals surface area contributed by atoms with Gasteiger partial charge < -0.3 is 15.0 Å². The maximum Gasteiger partial charge on any atom is 1.00 e. The third kappa shape index (κ3) is 626. The van der Waals surface area contributed by atoms with Crippen LogP contribution in [0.4, 0.5) is 4.79 Å². The molecule has 32 valence electrons. The zero-order valence-electron chi connectivity index (χ0n) is 2.76. The summed E-state index contributed by atoms with van der Waals surface area (Å²) in [5, 5.41) is 15.3. The van der Waals surface area contributed by atoms with E-state index in [1.807, 2.05) is 0 Å². The molecule has 0 saturated carbocycles. The first kappa shape index (κ1) is 16.3. The molecule has 6 heavy (non-hydrogen) atoms. The van der Waals surface area contributed by atoms with Crippen LogP contribution < -0.4 is 34.7 Å². The van der Waals surface area contributed by atoms with Gasteiger partial charge in [-0.2, -0.15) is 0 Å². The summed E-state index contributed by atoms with van der Waals surface area (Å²) in [6.45, 7) is 0. The molecule has 0 aliphatic heterocycles. The molecule has 0 aromatic carbocycles. The zero-order valence-corrected chi connectivity index (χ0v) is 4.76. The molecule has 0 aliphatic rings. The van der Waals surface area contributed by atoms with E-state index < -0.39 is 6.16 Å².